The maximum absolute atomic E-state index is 8.90. The smallest absolute Gasteiger partial charge is 0.139 e. The quantitative estimate of drug-likeness (QED) is 0.215. The number of aryl methyl sites for hydroxylation is 2. The predicted octanol–water partition coefficient (Wildman–Crippen LogP) is 8.70. The van der Waals surface area contributed by atoms with Crippen molar-refractivity contribution in [2.45, 2.75) is 22.3 Å². The molecule has 0 aliphatic carbocycles. The molecule has 0 aromatic carbocycles. The van der Waals surface area contributed by atoms with E-state index >= 15 is 0 Å². The monoisotopic (exact) mass is 472 g/mol. The second kappa shape index (κ2) is 8.46. The fraction of sp³-hybridized carbons (Fsp3) is 0.100. The highest BCUT2D eigenvalue weighted by Gasteiger charge is 2.15. The van der Waals surface area contributed by atoms with Crippen LogP contribution in [0.3, 0.4) is 0 Å². The molecular weight excluding hydrogens is 461 g/mol. The van der Waals surface area contributed by atoms with E-state index in [0.29, 0.717) is 0 Å². The van der Waals surface area contributed by atoms with Gasteiger partial charge in [0, 0.05) is 52.8 Å². The topological polar surface area (TPSA) is 47.6 Å². The molecule has 0 unspecified atom stereocenters. The average Bonchev–Trinajstić information content (AvgIpc) is 3.42. The zero-order valence-corrected chi connectivity index (χ0v) is 19.7. The highest BCUT2D eigenvalue weighted by atomic mass is 32.2. The Hall–Kier alpha value is -1.52. The Bertz CT molecular complexity index is 1130. The molecular formula is C20H12N2S6. The number of hydrogen-bond acceptors (Lipinski definition) is 8. The van der Waals surface area contributed by atoms with E-state index < -0.39 is 0 Å². The molecule has 0 radical (unpaired) electrons. The second-order valence-electron chi connectivity index (χ2n) is 5.87. The van der Waals surface area contributed by atoms with Crippen molar-refractivity contribution in [3.05, 3.63) is 47.5 Å². The van der Waals surface area contributed by atoms with Crippen molar-refractivity contribution in [3.8, 4) is 40.1 Å². The third-order valence-corrected chi connectivity index (χ3v) is 10.6. The van der Waals surface area contributed by atoms with E-state index in [2.05, 4.69) is 61.0 Å². The molecule has 0 bridgehead atoms. The predicted molar refractivity (Wildman–Crippen MR) is 127 cm³/mol. The standard InChI is InChI=1S/C20H12N2S6/c1-11-7-17(23-9-21)27-19(11)15-5-3-13(25-15)14-4-6-16(26-14)20-12(2)8-18(28-20)24-10-22/h3-8H,1-2H3. The van der Waals surface area contributed by atoms with Gasteiger partial charge in [-0.3, -0.25) is 0 Å². The molecule has 8 heteroatoms. The van der Waals surface area contributed by atoms with Crippen LogP contribution in [-0.4, -0.2) is 0 Å². The summed E-state index contributed by atoms with van der Waals surface area (Å²) in [7, 11) is 0. The molecule has 4 aromatic rings. The molecule has 4 heterocycles. The van der Waals surface area contributed by atoms with Crippen molar-refractivity contribution in [1.29, 1.82) is 10.5 Å². The maximum Gasteiger partial charge on any atom is 0.139 e. The summed E-state index contributed by atoms with van der Waals surface area (Å²) in [6.45, 7) is 4.21. The van der Waals surface area contributed by atoms with E-state index in [1.165, 1.54) is 63.9 Å². The fourth-order valence-electron chi connectivity index (χ4n) is 2.77. The van der Waals surface area contributed by atoms with Gasteiger partial charge in [0.1, 0.15) is 10.8 Å². The SMILES string of the molecule is Cc1cc(SC#N)sc1-c1ccc(-c2ccc(-c3sc(SC#N)cc3C)s2)s1. The first-order valence-corrected chi connectivity index (χ1v) is 13.0. The molecule has 0 amide bonds. The molecule has 2 nitrogen and oxygen atoms in total. The Morgan fingerprint density at radius 2 is 1.04 bits per heavy atom. The number of nitrogens with zero attached hydrogens (tertiary/aromatic N) is 2. The fourth-order valence-corrected chi connectivity index (χ4v) is 8.74. The molecule has 4 aromatic heterocycles. The van der Waals surface area contributed by atoms with Crippen LogP contribution in [0, 0.1) is 35.2 Å². The Kier molecular flexibility index (Phi) is 5.98. The number of thiophene rings is 4. The molecule has 0 saturated heterocycles. The third kappa shape index (κ3) is 3.95. The number of thiocyanates is 2. The van der Waals surface area contributed by atoms with Crippen LogP contribution in [0.2, 0.25) is 0 Å². The van der Waals surface area contributed by atoms with E-state index in [0.717, 1.165) is 8.42 Å². The summed E-state index contributed by atoms with van der Waals surface area (Å²) >= 11 is 9.41. The van der Waals surface area contributed by atoms with Gasteiger partial charge in [-0.2, -0.15) is 10.5 Å². The first-order chi connectivity index (χ1) is 13.6. The van der Waals surface area contributed by atoms with Gasteiger partial charge in [0.15, 0.2) is 0 Å². The number of thioether (sulfide) groups is 2. The summed E-state index contributed by atoms with van der Waals surface area (Å²) in [5.74, 6) is 0. The second-order valence-corrected chi connectivity index (χ2v) is 12.3. The maximum atomic E-state index is 8.90. The molecule has 0 fully saturated rings. The van der Waals surface area contributed by atoms with Crippen LogP contribution in [0.1, 0.15) is 11.1 Å². The molecule has 0 aliphatic heterocycles. The Labute approximate surface area is 188 Å². The number of nitriles is 2. The van der Waals surface area contributed by atoms with Gasteiger partial charge >= 0.3 is 0 Å². The van der Waals surface area contributed by atoms with Crippen LogP contribution in [0.15, 0.2) is 44.8 Å². The largest absolute Gasteiger partial charge is 0.185 e. The minimum Gasteiger partial charge on any atom is -0.185 e. The molecule has 4 rings (SSSR count). The highest BCUT2D eigenvalue weighted by Crippen LogP contribution is 2.46. The van der Waals surface area contributed by atoms with Gasteiger partial charge in [-0.05, 0) is 61.4 Å². The van der Waals surface area contributed by atoms with Crippen LogP contribution in [0.4, 0.5) is 0 Å². The first-order valence-electron chi connectivity index (χ1n) is 8.12. The molecule has 0 N–H and O–H groups in total. The molecule has 138 valence electrons. The van der Waals surface area contributed by atoms with Gasteiger partial charge < -0.3 is 0 Å². The lowest BCUT2D eigenvalue weighted by Crippen LogP contribution is -1.67. The summed E-state index contributed by atoms with van der Waals surface area (Å²) < 4.78 is 2.09. The summed E-state index contributed by atoms with van der Waals surface area (Å²) in [6.07, 6.45) is 0. The van der Waals surface area contributed by atoms with E-state index in [9.17, 15) is 0 Å². The highest BCUT2D eigenvalue weighted by molar-refractivity contribution is 8.05. The third-order valence-electron chi connectivity index (χ3n) is 3.99. The molecule has 0 saturated carbocycles. The van der Waals surface area contributed by atoms with Crippen LogP contribution in [0.25, 0.3) is 29.3 Å². The van der Waals surface area contributed by atoms with Gasteiger partial charge in [0.05, 0.1) is 8.42 Å². The summed E-state index contributed by atoms with van der Waals surface area (Å²) in [4.78, 5) is 7.51. The minimum absolute atomic E-state index is 1.04. The van der Waals surface area contributed by atoms with Crippen LogP contribution < -0.4 is 0 Å². The summed E-state index contributed by atoms with van der Waals surface area (Å²) in [5.41, 5.74) is 2.44. The lowest BCUT2D eigenvalue weighted by Gasteiger charge is -1.95. The van der Waals surface area contributed by atoms with Crippen LogP contribution in [0.5, 0.6) is 0 Å². The van der Waals surface area contributed by atoms with Gasteiger partial charge in [-0.1, -0.05) is 0 Å². The number of rotatable bonds is 5. The zero-order valence-electron chi connectivity index (χ0n) is 14.8. The average molecular weight is 473 g/mol. The Morgan fingerprint density at radius 1 is 0.643 bits per heavy atom. The molecule has 28 heavy (non-hydrogen) atoms. The van der Waals surface area contributed by atoms with E-state index in [-0.39, 0.29) is 0 Å². The molecule has 0 atom stereocenters. The normalized spacial score (nSPS) is 10.7. The number of hydrogen-bond donors (Lipinski definition) is 0. The Morgan fingerprint density at radius 3 is 1.43 bits per heavy atom. The first kappa shape index (κ1) is 19.8. The van der Waals surface area contributed by atoms with Gasteiger partial charge in [-0.25, -0.2) is 0 Å². The van der Waals surface area contributed by atoms with Crippen molar-refractivity contribution in [2.24, 2.45) is 0 Å². The van der Waals surface area contributed by atoms with Gasteiger partial charge in [-0.15, -0.1) is 45.3 Å². The van der Waals surface area contributed by atoms with Crippen LogP contribution >= 0.6 is 68.9 Å². The summed E-state index contributed by atoms with van der Waals surface area (Å²) in [6, 6.07) is 12.9. The zero-order chi connectivity index (χ0) is 19.7. The van der Waals surface area contributed by atoms with E-state index in [1.807, 2.05) is 0 Å². The van der Waals surface area contributed by atoms with Crippen molar-refractivity contribution >= 4 is 68.9 Å². The van der Waals surface area contributed by atoms with Gasteiger partial charge in [0.25, 0.3) is 0 Å². The van der Waals surface area contributed by atoms with Crippen LogP contribution in [-0.2, 0) is 0 Å². The van der Waals surface area contributed by atoms with Crippen molar-refractivity contribution < 1.29 is 0 Å². The lowest BCUT2D eigenvalue weighted by molar-refractivity contribution is 1.51. The van der Waals surface area contributed by atoms with Crippen molar-refractivity contribution in [3.63, 3.8) is 0 Å². The lowest BCUT2D eigenvalue weighted by atomic mass is 10.2. The van der Waals surface area contributed by atoms with E-state index in [1.54, 1.807) is 45.3 Å². The summed E-state index contributed by atoms with van der Waals surface area (Å²) in [5, 5.41) is 22.1. The van der Waals surface area contributed by atoms with E-state index in [4.69, 9.17) is 10.5 Å². The molecule has 0 aliphatic rings. The van der Waals surface area contributed by atoms with Crippen molar-refractivity contribution in [2.75, 3.05) is 0 Å². The minimum atomic E-state index is 1.04. The van der Waals surface area contributed by atoms with Crippen molar-refractivity contribution in [1.82, 2.24) is 0 Å². The molecule has 0 spiro atoms. The Balaban J connectivity index is 1.62. The van der Waals surface area contributed by atoms with Gasteiger partial charge in [0.2, 0.25) is 0 Å².